The van der Waals surface area contributed by atoms with Gasteiger partial charge in [0.25, 0.3) is 0 Å². The molecule has 1 fully saturated rings. The van der Waals surface area contributed by atoms with Crippen molar-refractivity contribution in [1.29, 1.82) is 0 Å². The van der Waals surface area contributed by atoms with Gasteiger partial charge in [-0.15, -0.1) is 0 Å². The van der Waals surface area contributed by atoms with Crippen LogP contribution in [0.15, 0.2) is 28.0 Å². The van der Waals surface area contributed by atoms with Crippen molar-refractivity contribution in [3.63, 3.8) is 0 Å². The molecule has 0 amide bonds. The van der Waals surface area contributed by atoms with Crippen LogP contribution >= 0.6 is 0 Å². The number of nitrogens with one attached hydrogen (secondary N) is 1. The van der Waals surface area contributed by atoms with Crippen LogP contribution in [0, 0.1) is 11.2 Å². The molecular formula is C13H18FNO4S2. The molecule has 2 rings (SSSR count). The quantitative estimate of drug-likeness (QED) is 0.802. The molecule has 1 aliphatic carbocycles. The summed E-state index contributed by atoms with van der Waals surface area (Å²) in [4.78, 5) is -0.849. The van der Waals surface area contributed by atoms with Crippen molar-refractivity contribution in [2.24, 2.45) is 5.41 Å². The van der Waals surface area contributed by atoms with Crippen LogP contribution in [0.1, 0.15) is 26.2 Å². The molecule has 8 heteroatoms. The van der Waals surface area contributed by atoms with E-state index in [1.54, 1.807) is 0 Å². The highest BCUT2D eigenvalue weighted by Gasteiger charge is 2.41. The van der Waals surface area contributed by atoms with Gasteiger partial charge in [-0.25, -0.2) is 25.9 Å². The first-order valence-electron chi connectivity index (χ1n) is 6.59. The van der Waals surface area contributed by atoms with Gasteiger partial charge >= 0.3 is 0 Å². The van der Waals surface area contributed by atoms with Gasteiger partial charge in [-0.2, -0.15) is 0 Å². The van der Waals surface area contributed by atoms with Crippen LogP contribution < -0.4 is 4.72 Å². The van der Waals surface area contributed by atoms with Crippen molar-refractivity contribution in [3.05, 3.63) is 24.0 Å². The molecule has 0 aromatic heterocycles. The van der Waals surface area contributed by atoms with Gasteiger partial charge in [0.15, 0.2) is 9.84 Å². The first kappa shape index (κ1) is 16.4. The summed E-state index contributed by atoms with van der Waals surface area (Å²) in [6.07, 6.45) is 3.68. The second-order valence-corrected chi connectivity index (χ2v) is 9.29. The molecule has 1 aliphatic rings. The first-order valence-corrected chi connectivity index (χ1v) is 9.96. The fourth-order valence-corrected chi connectivity index (χ4v) is 4.06. The maximum Gasteiger partial charge on any atom is 0.243 e. The van der Waals surface area contributed by atoms with Gasteiger partial charge in [-0.05, 0) is 42.9 Å². The number of rotatable bonds is 6. The number of hydrogen-bond donors (Lipinski definition) is 1. The normalized spacial score (nSPS) is 17.7. The predicted octanol–water partition coefficient (Wildman–Crippen LogP) is 1.70. The van der Waals surface area contributed by atoms with Crippen molar-refractivity contribution < 1.29 is 21.2 Å². The lowest BCUT2D eigenvalue weighted by molar-refractivity contribution is 0.473. The van der Waals surface area contributed by atoms with E-state index in [1.807, 2.05) is 6.92 Å². The third kappa shape index (κ3) is 3.61. The molecule has 21 heavy (non-hydrogen) atoms. The van der Waals surface area contributed by atoms with E-state index < -0.39 is 30.6 Å². The topological polar surface area (TPSA) is 80.3 Å². The van der Waals surface area contributed by atoms with E-state index in [-0.39, 0.29) is 16.9 Å². The molecule has 1 N–H and O–H groups in total. The number of benzene rings is 1. The van der Waals surface area contributed by atoms with E-state index in [0.29, 0.717) is 0 Å². The second-order valence-electron chi connectivity index (χ2n) is 5.54. The zero-order valence-corrected chi connectivity index (χ0v) is 13.5. The molecular weight excluding hydrogens is 317 g/mol. The standard InChI is InChI=1S/C13H18FNO4S2/c1-3-13(6-7-13)9-15-21(18,19)12-8-10(20(2,16)17)4-5-11(12)14/h4-5,8,15H,3,6-7,9H2,1-2H3. The van der Waals surface area contributed by atoms with Crippen LogP contribution in [-0.2, 0) is 19.9 Å². The molecule has 0 bridgehead atoms. The van der Waals surface area contributed by atoms with E-state index in [0.717, 1.165) is 43.7 Å². The summed E-state index contributed by atoms with van der Waals surface area (Å²) >= 11 is 0. The van der Waals surface area contributed by atoms with Gasteiger partial charge in [-0.1, -0.05) is 6.92 Å². The molecule has 0 aliphatic heterocycles. The van der Waals surface area contributed by atoms with Crippen molar-refractivity contribution in [2.45, 2.75) is 36.0 Å². The Labute approximate surface area is 124 Å². The van der Waals surface area contributed by atoms with Crippen molar-refractivity contribution in [2.75, 3.05) is 12.8 Å². The van der Waals surface area contributed by atoms with Crippen LogP contribution in [0.5, 0.6) is 0 Å². The van der Waals surface area contributed by atoms with Crippen LogP contribution in [-0.4, -0.2) is 29.6 Å². The Morgan fingerprint density at radius 2 is 1.86 bits per heavy atom. The molecule has 1 aromatic rings. The smallest absolute Gasteiger partial charge is 0.224 e. The molecule has 0 unspecified atom stereocenters. The van der Waals surface area contributed by atoms with E-state index in [2.05, 4.69) is 4.72 Å². The molecule has 0 spiro atoms. The monoisotopic (exact) mass is 335 g/mol. The summed E-state index contributed by atoms with van der Waals surface area (Å²) in [7, 11) is -7.66. The van der Waals surface area contributed by atoms with Gasteiger partial charge < -0.3 is 0 Å². The molecule has 118 valence electrons. The Kier molecular flexibility index (Phi) is 4.16. The largest absolute Gasteiger partial charge is 0.243 e. The van der Waals surface area contributed by atoms with E-state index >= 15 is 0 Å². The van der Waals surface area contributed by atoms with Gasteiger partial charge in [0, 0.05) is 12.8 Å². The Balaban J connectivity index is 2.31. The van der Waals surface area contributed by atoms with E-state index in [4.69, 9.17) is 0 Å². The van der Waals surface area contributed by atoms with Crippen LogP contribution in [0.3, 0.4) is 0 Å². The third-order valence-corrected chi connectivity index (χ3v) is 6.49. The lowest BCUT2D eigenvalue weighted by Crippen LogP contribution is -2.30. The Morgan fingerprint density at radius 1 is 1.24 bits per heavy atom. The summed E-state index contributed by atoms with van der Waals surface area (Å²) < 4.78 is 63.4. The van der Waals surface area contributed by atoms with E-state index in [1.165, 1.54) is 0 Å². The first-order chi connectivity index (χ1) is 9.60. The minimum absolute atomic E-state index is 0.0298. The molecule has 0 heterocycles. The molecule has 0 atom stereocenters. The fraction of sp³-hybridized carbons (Fsp3) is 0.538. The van der Waals surface area contributed by atoms with Crippen LogP contribution in [0.4, 0.5) is 4.39 Å². The summed E-state index contributed by atoms with van der Waals surface area (Å²) in [6, 6.07) is 2.77. The van der Waals surface area contributed by atoms with Gasteiger partial charge in [0.1, 0.15) is 10.7 Å². The number of sulfone groups is 1. The molecule has 0 radical (unpaired) electrons. The van der Waals surface area contributed by atoms with Crippen LogP contribution in [0.2, 0.25) is 0 Å². The number of sulfonamides is 1. The number of halogens is 1. The average Bonchev–Trinajstić information content (AvgIpc) is 3.16. The SMILES string of the molecule is CCC1(CNS(=O)(=O)c2cc(S(C)(=O)=O)ccc2F)CC1. The predicted molar refractivity (Wildman–Crippen MR) is 76.7 cm³/mol. The lowest BCUT2D eigenvalue weighted by Gasteiger charge is -2.14. The highest BCUT2D eigenvalue weighted by molar-refractivity contribution is 7.91. The third-order valence-electron chi connectivity index (χ3n) is 3.96. The summed E-state index contributed by atoms with van der Waals surface area (Å²) in [5, 5.41) is 0. The average molecular weight is 335 g/mol. The van der Waals surface area contributed by atoms with Gasteiger partial charge in [-0.3, -0.25) is 0 Å². The Morgan fingerprint density at radius 3 is 2.33 bits per heavy atom. The van der Waals surface area contributed by atoms with Crippen molar-refractivity contribution in [1.82, 2.24) is 4.72 Å². The Bertz CT molecular complexity index is 752. The minimum atomic E-state index is -4.07. The highest BCUT2D eigenvalue weighted by Crippen LogP contribution is 2.48. The minimum Gasteiger partial charge on any atom is -0.224 e. The molecule has 5 nitrogen and oxygen atoms in total. The summed E-state index contributed by atoms with van der Waals surface area (Å²) in [6.45, 7) is 2.22. The molecule has 0 saturated heterocycles. The maximum absolute atomic E-state index is 13.8. The zero-order chi connectivity index (χ0) is 15.9. The highest BCUT2D eigenvalue weighted by atomic mass is 32.2. The van der Waals surface area contributed by atoms with Crippen LogP contribution in [0.25, 0.3) is 0 Å². The zero-order valence-electron chi connectivity index (χ0n) is 11.9. The van der Waals surface area contributed by atoms with E-state index in [9.17, 15) is 21.2 Å². The fourth-order valence-electron chi connectivity index (χ4n) is 2.08. The second kappa shape index (κ2) is 5.33. The summed E-state index contributed by atoms with van der Waals surface area (Å²) in [5.41, 5.74) is -0.0298. The van der Waals surface area contributed by atoms with Gasteiger partial charge in [0.2, 0.25) is 10.0 Å². The number of hydrogen-bond acceptors (Lipinski definition) is 4. The molecule has 1 aromatic carbocycles. The maximum atomic E-state index is 13.8. The Hall–Kier alpha value is -0.990. The lowest BCUT2D eigenvalue weighted by atomic mass is 10.1. The van der Waals surface area contributed by atoms with Crippen molar-refractivity contribution in [3.8, 4) is 0 Å². The summed E-state index contributed by atoms with van der Waals surface area (Å²) in [5.74, 6) is -0.962. The van der Waals surface area contributed by atoms with Crippen molar-refractivity contribution >= 4 is 19.9 Å². The molecule has 1 saturated carbocycles. The van der Waals surface area contributed by atoms with Gasteiger partial charge in [0.05, 0.1) is 4.90 Å².